The van der Waals surface area contributed by atoms with Gasteiger partial charge in [-0.25, -0.2) is 9.78 Å². The van der Waals surface area contributed by atoms with Crippen LogP contribution < -0.4 is 4.74 Å². The zero-order valence-corrected chi connectivity index (χ0v) is 17.3. The number of ether oxygens (including phenoxy) is 1. The molecule has 1 aromatic heterocycles. The number of aliphatic carboxylic acids is 1. The Bertz CT molecular complexity index is 1080. The second kappa shape index (κ2) is 9.04. The number of likely N-dealkylation sites (tertiary alicyclic amines) is 1. The fourth-order valence-corrected chi connectivity index (χ4v) is 3.76. The summed E-state index contributed by atoms with van der Waals surface area (Å²) in [6.45, 7) is 2.58. The molecule has 160 valence electrons. The molecule has 0 bridgehead atoms. The highest BCUT2D eigenvalue weighted by molar-refractivity contribution is 5.85. The largest absolute Gasteiger partial charge is 0.487 e. The van der Waals surface area contributed by atoms with Crippen LogP contribution in [-0.2, 0) is 22.6 Å². The number of carbonyl (C=O) groups is 2. The lowest BCUT2D eigenvalue weighted by Gasteiger charge is -2.21. The molecule has 0 radical (unpaired) electrons. The molecule has 1 N–H and O–H groups in total. The van der Waals surface area contributed by atoms with Crippen LogP contribution in [0.2, 0.25) is 0 Å². The number of rotatable bonds is 7. The Morgan fingerprint density at radius 2 is 2.00 bits per heavy atom. The second-order valence-corrected chi connectivity index (χ2v) is 7.58. The van der Waals surface area contributed by atoms with Crippen LogP contribution in [0.15, 0.2) is 59.0 Å². The average molecular weight is 420 g/mol. The van der Waals surface area contributed by atoms with Crippen LogP contribution >= 0.6 is 0 Å². The quantitative estimate of drug-likeness (QED) is 0.624. The lowest BCUT2D eigenvalue weighted by molar-refractivity contribution is -0.148. The molecule has 1 aliphatic rings. The molecule has 0 spiro atoms. The molecular weight excluding hydrogens is 396 g/mol. The minimum Gasteiger partial charge on any atom is -0.487 e. The number of carboxylic acids is 1. The van der Waals surface area contributed by atoms with E-state index in [0.717, 1.165) is 11.1 Å². The normalized spacial score (nSPS) is 15.8. The number of carbonyl (C=O) groups excluding carboxylic acids is 1. The Hall–Kier alpha value is -3.61. The van der Waals surface area contributed by atoms with Gasteiger partial charge in [0, 0.05) is 12.1 Å². The van der Waals surface area contributed by atoms with E-state index in [-0.39, 0.29) is 18.9 Å². The van der Waals surface area contributed by atoms with Gasteiger partial charge in [-0.3, -0.25) is 4.79 Å². The number of aryl methyl sites for hydroxylation is 1. The highest BCUT2D eigenvalue weighted by atomic mass is 16.5. The van der Waals surface area contributed by atoms with Gasteiger partial charge in [-0.2, -0.15) is 0 Å². The van der Waals surface area contributed by atoms with Gasteiger partial charge >= 0.3 is 5.97 Å². The van der Waals surface area contributed by atoms with Crippen molar-refractivity contribution < 1.29 is 23.8 Å². The van der Waals surface area contributed by atoms with Crippen molar-refractivity contribution in [3.8, 4) is 17.2 Å². The lowest BCUT2D eigenvalue weighted by atomic mass is 10.1. The minimum absolute atomic E-state index is 0.141. The molecule has 3 aromatic rings. The van der Waals surface area contributed by atoms with E-state index >= 15 is 0 Å². The third-order valence-electron chi connectivity index (χ3n) is 5.40. The standard InChI is InChI=1S/C24H24N2O5/c1-16-20(25-23(31-16)18-8-3-2-4-9-18)15-30-19-10-5-7-17(13-19)14-22(27)26-12-6-11-21(26)24(28)29/h2-5,7-10,13,21H,6,11-12,14-15H2,1H3,(H,28,29)/t21-/m1/s1. The molecule has 1 saturated heterocycles. The summed E-state index contributed by atoms with van der Waals surface area (Å²) in [6, 6.07) is 16.2. The summed E-state index contributed by atoms with van der Waals surface area (Å²) in [4.78, 5) is 29.9. The Kier molecular flexibility index (Phi) is 6.02. The van der Waals surface area contributed by atoms with Crippen LogP contribution in [0.3, 0.4) is 0 Å². The van der Waals surface area contributed by atoms with Crippen molar-refractivity contribution in [2.24, 2.45) is 0 Å². The summed E-state index contributed by atoms with van der Waals surface area (Å²) in [6.07, 6.45) is 1.36. The molecule has 4 rings (SSSR count). The molecule has 0 saturated carbocycles. The predicted octanol–water partition coefficient (Wildman–Crippen LogP) is 3.85. The van der Waals surface area contributed by atoms with Crippen molar-refractivity contribution >= 4 is 11.9 Å². The summed E-state index contributed by atoms with van der Waals surface area (Å²) >= 11 is 0. The van der Waals surface area contributed by atoms with Gasteiger partial charge in [0.2, 0.25) is 11.8 Å². The molecule has 1 atom stereocenters. The zero-order chi connectivity index (χ0) is 21.8. The Labute approximate surface area is 180 Å². The number of amides is 1. The van der Waals surface area contributed by atoms with E-state index in [9.17, 15) is 14.7 Å². The summed E-state index contributed by atoms with van der Waals surface area (Å²) in [5.41, 5.74) is 2.39. The Morgan fingerprint density at radius 1 is 1.19 bits per heavy atom. The van der Waals surface area contributed by atoms with Crippen LogP contribution in [0.25, 0.3) is 11.5 Å². The fraction of sp³-hybridized carbons (Fsp3) is 0.292. The van der Waals surface area contributed by atoms with Crippen LogP contribution in [-0.4, -0.2) is 39.5 Å². The molecule has 31 heavy (non-hydrogen) atoms. The van der Waals surface area contributed by atoms with Crippen molar-refractivity contribution in [1.29, 1.82) is 0 Å². The molecule has 2 heterocycles. The van der Waals surface area contributed by atoms with Crippen LogP contribution in [0, 0.1) is 6.92 Å². The van der Waals surface area contributed by atoms with E-state index in [1.54, 1.807) is 6.07 Å². The maximum atomic E-state index is 12.6. The van der Waals surface area contributed by atoms with E-state index in [1.165, 1.54) is 4.90 Å². The zero-order valence-electron chi connectivity index (χ0n) is 17.3. The number of hydrogen-bond donors (Lipinski definition) is 1. The van der Waals surface area contributed by atoms with Crippen molar-refractivity contribution in [2.75, 3.05) is 6.54 Å². The number of benzene rings is 2. The van der Waals surface area contributed by atoms with Crippen molar-refractivity contribution in [3.63, 3.8) is 0 Å². The van der Waals surface area contributed by atoms with Gasteiger partial charge in [0.05, 0.1) is 6.42 Å². The number of aromatic nitrogens is 1. The van der Waals surface area contributed by atoms with E-state index in [2.05, 4.69) is 4.98 Å². The molecule has 1 aliphatic heterocycles. The van der Waals surface area contributed by atoms with Crippen molar-refractivity contribution in [3.05, 3.63) is 71.6 Å². The summed E-state index contributed by atoms with van der Waals surface area (Å²) < 4.78 is 11.7. The third kappa shape index (κ3) is 4.77. The number of nitrogens with zero attached hydrogens (tertiary/aromatic N) is 2. The number of carboxylic acid groups (broad SMARTS) is 1. The summed E-state index contributed by atoms with van der Waals surface area (Å²) in [5.74, 6) is 0.737. The SMILES string of the molecule is Cc1oc(-c2ccccc2)nc1COc1cccc(CC(=O)N2CCC[C@@H]2C(=O)O)c1. The molecule has 1 fully saturated rings. The Balaban J connectivity index is 1.40. The average Bonchev–Trinajstić information content (AvgIpc) is 3.40. The van der Waals surface area contributed by atoms with E-state index < -0.39 is 12.0 Å². The molecule has 0 aliphatic carbocycles. The number of oxazole rings is 1. The first-order valence-electron chi connectivity index (χ1n) is 10.3. The molecule has 1 amide bonds. The topological polar surface area (TPSA) is 92.9 Å². The molecule has 7 heteroatoms. The van der Waals surface area contributed by atoms with Crippen molar-refractivity contribution in [1.82, 2.24) is 9.88 Å². The van der Waals surface area contributed by atoms with Crippen LogP contribution in [0.4, 0.5) is 0 Å². The highest BCUT2D eigenvalue weighted by Crippen LogP contribution is 2.24. The van der Waals surface area contributed by atoms with Gasteiger partial charge in [-0.05, 0) is 49.6 Å². The van der Waals surface area contributed by atoms with Gasteiger partial charge < -0.3 is 19.2 Å². The maximum Gasteiger partial charge on any atom is 0.326 e. The van der Waals surface area contributed by atoms with E-state index in [4.69, 9.17) is 9.15 Å². The fourth-order valence-electron chi connectivity index (χ4n) is 3.76. The van der Waals surface area contributed by atoms with Gasteiger partial charge in [0.25, 0.3) is 0 Å². The summed E-state index contributed by atoms with van der Waals surface area (Å²) in [7, 11) is 0. The molecule has 2 aromatic carbocycles. The molecule has 7 nitrogen and oxygen atoms in total. The molecular formula is C24H24N2O5. The first-order chi connectivity index (χ1) is 15.0. The maximum absolute atomic E-state index is 12.6. The minimum atomic E-state index is -0.944. The highest BCUT2D eigenvalue weighted by Gasteiger charge is 2.33. The smallest absolute Gasteiger partial charge is 0.326 e. The monoisotopic (exact) mass is 420 g/mol. The first kappa shape index (κ1) is 20.7. The number of hydrogen-bond acceptors (Lipinski definition) is 5. The van der Waals surface area contributed by atoms with Crippen LogP contribution in [0.5, 0.6) is 5.75 Å². The lowest BCUT2D eigenvalue weighted by Crippen LogP contribution is -2.41. The van der Waals surface area contributed by atoms with Gasteiger partial charge in [-0.1, -0.05) is 30.3 Å². The van der Waals surface area contributed by atoms with Gasteiger partial charge in [0.15, 0.2) is 0 Å². The van der Waals surface area contributed by atoms with Crippen molar-refractivity contribution in [2.45, 2.75) is 38.8 Å². The predicted molar refractivity (Wildman–Crippen MR) is 114 cm³/mol. The molecule has 0 unspecified atom stereocenters. The summed E-state index contributed by atoms with van der Waals surface area (Å²) in [5, 5.41) is 9.29. The first-order valence-corrected chi connectivity index (χ1v) is 10.3. The third-order valence-corrected chi connectivity index (χ3v) is 5.40. The van der Waals surface area contributed by atoms with E-state index in [1.807, 2.05) is 55.5 Å². The Morgan fingerprint density at radius 3 is 2.77 bits per heavy atom. The van der Waals surface area contributed by atoms with Gasteiger partial charge in [-0.15, -0.1) is 0 Å². The van der Waals surface area contributed by atoms with Gasteiger partial charge in [0.1, 0.15) is 29.9 Å². The second-order valence-electron chi connectivity index (χ2n) is 7.58. The van der Waals surface area contributed by atoms with E-state index in [0.29, 0.717) is 42.5 Å². The van der Waals surface area contributed by atoms with Crippen LogP contribution in [0.1, 0.15) is 29.9 Å².